The summed E-state index contributed by atoms with van der Waals surface area (Å²) in [7, 11) is 0. The average molecular weight is 212 g/mol. The van der Waals surface area contributed by atoms with E-state index < -0.39 is 12.8 Å². The number of Topliss-reactive ketones (excluding diaryl/α,β-unsaturated/α-hetero) is 1. The Morgan fingerprint density at radius 3 is 2.36 bits per heavy atom. The van der Waals surface area contributed by atoms with Crippen LogP contribution in [0.2, 0.25) is 0 Å². The van der Waals surface area contributed by atoms with Crippen LogP contribution in [0.5, 0.6) is 0 Å². The van der Waals surface area contributed by atoms with Crippen molar-refractivity contribution in [2.75, 3.05) is 13.2 Å². The monoisotopic (exact) mass is 212 g/mol. The Morgan fingerprint density at radius 1 is 1.21 bits per heavy atom. The minimum absolute atomic E-state index is 0.109. The van der Waals surface area contributed by atoms with Crippen LogP contribution in [-0.4, -0.2) is 25.2 Å². The molecule has 14 heavy (non-hydrogen) atoms. The molecule has 0 fully saturated rings. The van der Waals surface area contributed by atoms with Gasteiger partial charge in [-0.15, -0.1) is 0 Å². The number of halogens is 3. The number of unbranched alkanes of at least 4 members (excludes halogenated alkanes) is 2. The molecule has 5 heteroatoms. The molecule has 0 aliphatic rings. The molecule has 0 rings (SSSR count). The van der Waals surface area contributed by atoms with Gasteiger partial charge in [-0.25, -0.2) is 0 Å². The molecule has 0 aliphatic heterocycles. The van der Waals surface area contributed by atoms with Gasteiger partial charge in [-0.2, -0.15) is 13.2 Å². The maximum Gasteiger partial charge on any atom is 0.411 e. The quantitative estimate of drug-likeness (QED) is 0.606. The van der Waals surface area contributed by atoms with E-state index in [1.54, 1.807) is 0 Å². The van der Waals surface area contributed by atoms with Crippen molar-refractivity contribution < 1.29 is 22.7 Å². The fraction of sp³-hybridized carbons (Fsp3) is 0.889. The number of ether oxygens (including phenoxy) is 1. The van der Waals surface area contributed by atoms with Crippen molar-refractivity contribution in [2.24, 2.45) is 0 Å². The van der Waals surface area contributed by atoms with Gasteiger partial charge < -0.3 is 9.53 Å². The summed E-state index contributed by atoms with van der Waals surface area (Å²) >= 11 is 0. The zero-order valence-corrected chi connectivity index (χ0v) is 8.19. The van der Waals surface area contributed by atoms with Crippen LogP contribution in [0.15, 0.2) is 0 Å². The van der Waals surface area contributed by atoms with E-state index in [9.17, 15) is 18.0 Å². The molecule has 0 spiro atoms. The minimum Gasteiger partial charge on any atom is -0.372 e. The van der Waals surface area contributed by atoms with Crippen molar-refractivity contribution >= 4 is 5.78 Å². The topological polar surface area (TPSA) is 26.3 Å². The van der Waals surface area contributed by atoms with Gasteiger partial charge in [-0.05, 0) is 19.8 Å². The van der Waals surface area contributed by atoms with Crippen molar-refractivity contribution in [3.8, 4) is 0 Å². The molecule has 0 aromatic carbocycles. The van der Waals surface area contributed by atoms with Crippen molar-refractivity contribution in [2.45, 2.75) is 38.8 Å². The van der Waals surface area contributed by atoms with E-state index in [0.29, 0.717) is 12.8 Å². The Morgan fingerprint density at radius 2 is 1.86 bits per heavy atom. The third-order valence-electron chi connectivity index (χ3n) is 1.58. The predicted molar refractivity (Wildman–Crippen MR) is 46.0 cm³/mol. The third-order valence-corrected chi connectivity index (χ3v) is 1.58. The Bertz CT molecular complexity index is 166. The van der Waals surface area contributed by atoms with Gasteiger partial charge in [0.05, 0.1) is 0 Å². The summed E-state index contributed by atoms with van der Waals surface area (Å²) in [5.41, 5.74) is 0. The molecule has 0 amide bonds. The lowest BCUT2D eigenvalue weighted by Gasteiger charge is -2.06. The predicted octanol–water partition coefficient (Wildman–Crippen LogP) is 2.71. The van der Waals surface area contributed by atoms with Crippen LogP contribution in [0.3, 0.4) is 0 Å². The fourth-order valence-electron chi connectivity index (χ4n) is 0.943. The molecule has 0 unspecified atom stereocenters. The van der Waals surface area contributed by atoms with Gasteiger partial charge in [0.15, 0.2) is 0 Å². The normalized spacial score (nSPS) is 11.7. The fourth-order valence-corrected chi connectivity index (χ4v) is 0.943. The van der Waals surface area contributed by atoms with E-state index in [0.717, 1.165) is 12.8 Å². The summed E-state index contributed by atoms with van der Waals surface area (Å²) in [5.74, 6) is 0.112. The van der Waals surface area contributed by atoms with E-state index in [4.69, 9.17) is 0 Å². The standard InChI is InChI=1S/C9H15F3O2/c1-8(13)5-3-2-4-6-14-7-9(10,11)12/h2-7H2,1H3. The zero-order valence-electron chi connectivity index (χ0n) is 8.19. The first kappa shape index (κ1) is 13.4. The summed E-state index contributed by atoms with van der Waals surface area (Å²) in [6, 6.07) is 0. The lowest BCUT2D eigenvalue weighted by molar-refractivity contribution is -0.174. The van der Waals surface area contributed by atoms with Crippen molar-refractivity contribution in [1.82, 2.24) is 0 Å². The van der Waals surface area contributed by atoms with Gasteiger partial charge in [0.1, 0.15) is 12.4 Å². The summed E-state index contributed by atoms with van der Waals surface area (Å²) in [4.78, 5) is 10.5. The Kier molecular flexibility index (Phi) is 6.53. The van der Waals surface area contributed by atoms with Gasteiger partial charge in [0.2, 0.25) is 0 Å². The maximum atomic E-state index is 11.6. The molecule has 0 aromatic rings. The van der Waals surface area contributed by atoms with Crippen LogP contribution >= 0.6 is 0 Å². The SMILES string of the molecule is CC(=O)CCCCCOCC(F)(F)F. The Balaban J connectivity index is 3.11. The molecule has 0 aromatic heterocycles. The molecule has 0 radical (unpaired) electrons. The van der Waals surface area contributed by atoms with Crippen LogP contribution in [0.25, 0.3) is 0 Å². The molecule has 84 valence electrons. The highest BCUT2D eigenvalue weighted by molar-refractivity contribution is 5.75. The van der Waals surface area contributed by atoms with Crippen LogP contribution in [0, 0.1) is 0 Å². The number of carbonyl (C=O) groups excluding carboxylic acids is 1. The maximum absolute atomic E-state index is 11.6. The lowest BCUT2D eigenvalue weighted by Crippen LogP contribution is -2.17. The van der Waals surface area contributed by atoms with Gasteiger partial charge in [-0.3, -0.25) is 0 Å². The highest BCUT2D eigenvalue weighted by Crippen LogP contribution is 2.14. The minimum atomic E-state index is -4.24. The van der Waals surface area contributed by atoms with Crippen LogP contribution in [0.4, 0.5) is 13.2 Å². The van der Waals surface area contributed by atoms with E-state index in [1.165, 1.54) is 6.92 Å². The zero-order chi connectivity index (χ0) is 11.0. The van der Waals surface area contributed by atoms with E-state index in [-0.39, 0.29) is 12.4 Å². The van der Waals surface area contributed by atoms with Crippen molar-refractivity contribution in [3.63, 3.8) is 0 Å². The number of ketones is 1. The third kappa shape index (κ3) is 11.4. The second-order valence-corrected chi connectivity index (χ2v) is 3.18. The molecule has 2 nitrogen and oxygen atoms in total. The molecule has 0 atom stereocenters. The first-order chi connectivity index (χ1) is 6.42. The van der Waals surface area contributed by atoms with E-state index in [1.807, 2.05) is 0 Å². The molecule has 0 N–H and O–H groups in total. The van der Waals surface area contributed by atoms with Crippen LogP contribution in [0.1, 0.15) is 32.6 Å². The number of alkyl halides is 3. The van der Waals surface area contributed by atoms with Crippen molar-refractivity contribution in [3.05, 3.63) is 0 Å². The smallest absolute Gasteiger partial charge is 0.372 e. The van der Waals surface area contributed by atoms with Crippen molar-refractivity contribution in [1.29, 1.82) is 0 Å². The number of rotatable bonds is 7. The summed E-state index contributed by atoms with van der Waals surface area (Å²) in [6.45, 7) is 0.428. The Labute approximate surface area is 81.4 Å². The highest BCUT2D eigenvalue weighted by Gasteiger charge is 2.26. The highest BCUT2D eigenvalue weighted by atomic mass is 19.4. The van der Waals surface area contributed by atoms with Gasteiger partial charge in [0, 0.05) is 13.0 Å². The Hall–Kier alpha value is -0.580. The summed E-state index contributed by atoms with van der Waals surface area (Å²) in [5, 5.41) is 0. The van der Waals surface area contributed by atoms with E-state index in [2.05, 4.69) is 4.74 Å². The second-order valence-electron chi connectivity index (χ2n) is 3.18. The van der Waals surface area contributed by atoms with Crippen LogP contribution in [-0.2, 0) is 9.53 Å². The van der Waals surface area contributed by atoms with E-state index >= 15 is 0 Å². The second kappa shape index (κ2) is 6.81. The molecule has 0 saturated carbocycles. The summed E-state index contributed by atoms with van der Waals surface area (Å²) < 4.78 is 39.1. The average Bonchev–Trinajstić information content (AvgIpc) is 2.00. The molecule has 0 saturated heterocycles. The van der Waals surface area contributed by atoms with Gasteiger partial charge in [-0.1, -0.05) is 6.42 Å². The molecular weight excluding hydrogens is 197 g/mol. The van der Waals surface area contributed by atoms with Crippen LogP contribution < -0.4 is 0 Å². The first-order valence-corrected chi connectivity index (χ1v) is 4.56. The van der Waals surface area contributed by atoms with Gasteiger partial charge in [0.25, 0.3) is 0 Å². The first-order valence-electron chi connectivity index (χ1n) is 4.56. The molecule has 0 aliphatic carbocycles. The van der Waals surface area contributed by atoms with Gasteiger partial charge >= 0.3 is 6.18 Å². The summed E-state index contributed by atoms with van der Waals surface area (Å²) in [6.07, 6.45) is -1.70. The number of hydrogen-bond acceptors (Lipinski definition) is 2. The lowest BCUT2D eigenvalue weighted by atomic mass is 10.1. The number of hydrogen-bond donors (Lipinski definition) is 0. The number of carbonyl (C=O) groups is 1. The molecule has 0 bridgehead atoms. The molecule has 0 heterocycles. The molecular formula is C9H15F3O2. The largest absolute Gasteiger partial charge is 0.411 e.